The molecule has 17 nitrogen and oxygen atoms in total. The third kappa shape index (κ3) is 10.0. The first kappa shape index (κ1) is 52.0. The van der Waals surface area contributed by atoms with Crippen LogP contribution in [0.1, 0.15) is 99.2 Å². The van der Waals surface area contributed by atoms with E-state index < -0.39 is 18.1 Å². The van der Waals surface area contributed by atoms with E-state index >= 15 is 0 Å². The molecule has 8 aromatic rings. The molecule has 0 unspecified atom stereocenters. The lowest BCUT2D eigenvalue weighted by Gasteiger charge is -2.31. The molecule has 1 aliphatic carbocycles. The molecule has 4 aromatic carbocycles. The maximum Gasteiger partial charge on any atom is 0.319 e. The number of piperazine rings is 1. The van der Waals surface area contributed by atoms with Crippen molar-refractivity contribution in [2.75, 3.05) is 44.4 Å². The van der Waals surface area contributed by atoms with Gasteiger partial charge in [0.2, 0.25) is 11.8 Å². The van der Waals surface area contributed by atoms with Crippen molar-refractivity contribution in [2.45, 2.75) is 115 Å². The molecule has 18 heteroatoms. The van der Waals surface area contributed by atoms with Crippen LogP contribution in [0, 0.1) is 12.8 Å². The Morgan fingerprint density at radius 3 is 2.49 bits per heavy atom. The zero-order chi connectivity index (χ0) is 54.6. The fourth-order valence-corrected chi connectivity index (χ4v) is 12.8. The van der Waals surface area contributed by atoms with Crippen LogP contribution in [0.15, 0.2) is 104 Å². The molecule has 4 aromatic heterocycles. The first-order valence-electron chi connectivity index (χ1n) is 28.3. The fraction of sp³-hybridized carbons (Fsp3) is 0.403. The van der Waals surface area contributed by atoms with Gasteiger partial charge >= 0.3 is 6.01 Å². The van der Waals surface area contributed by atoms with Crippen molar-refractivity contribution in [3.05, 3.63) is 131 Å². The Labute approximate surface area is 469 Å². The molecule has 4 N–H and O–H groups in total. The Bertz CT molecular complexity index is 3600. The molecule has 1 saturated carbocycles. The number of H-pyrrole nitrogens is 1. The highest BCUT2D eigenvalue weighted by atomic mass is 35.5. The van der Waals surface area contributed by atoms with Gasteiger partial charge in [-0.15, -0.1) is 5.10 Å². The van der Waals surface area contributed by atoms with Gasteiger partial charge in [-0.25, -0.2) is 4.68 Å². The number of anilines is 1. The molecule has 13 rings (SSSR count). The summed E-state index contributed by atoms with van der Waals surface area (Å²) in [6.45, 7) is 9.29. The van der Waals surface area contributed by atoms with E-state index in [2.05, 4.69) is 47.9 Å². The van der Waals surface area contributed by atoms with Crippen molar-refractivity contribution in [1.29, 1.82) is 0 Å². The van der Waals surface area contributed by atoms with Crippen molar-refractivity contribution in [2.24, 2.45) is 5.92 Å². The average molecular weight is 1100 g/mol. The molecule has 8 heterocycles. The summed E-state index contributed by atoms with van der Waals surface area (Å²) in [5, 5.41) is 28.9. The number of amides is 2. The van der Waals surface area contributed by atoms with Crippen LogP contribution in [0.25, 0.3) is 55.3 Å². The fourth-order valence-electron chi connectivity index (χ4n) is 12.6. The SMILES string of the molecule is Cc1ncccc1-c1ccc([C@H](CO)NC(=O)[C@@H]2CCCN2C(=O)[C@H](C(C)C)n2cc(-c3ccc(COc4c(-c5c(Cl)ccc6[nH]ccc56)c(C5CC5)cc5c(N6C[C@@H]7C[C@H]6CN7)nc(OC6CCOCC6)nc45)cc3)nn2)cc1. The highest BCUT2D eigenvalue weighted by Crippen LogP contribution is 2.54. The number of fused-ring (bicyclic) bond motifs is 4. The van der Waals surface area contributed by atoms with E-state index in [0.29, 0.717) is 78.6 Å². The van der Waals surface area contributed by atoms with Crippen molar-refractivity contribution in [3.8, 4) is 45.3 Å². The number of hydrogen-bond acceptors (Lipinski definition) is 13. The average Bonchev–Trinajstić information content (AvgIpc) is 4.10. The predicted octanol–water partition coefficient (Wildman–Crippen LogP) is 9.66. The number of aryl methyl sites for hydroxylation is 1. The number of rotatable bonds is 17. The minimum atomic E-state index is -0.709. The van der Waals surface area contributed by atoms with Crippen LogP contribution in [-0.4, -0.2) is 120 Å². The summed E-state index contributed by atoms with van der Waals surface area (Å²) in [7, 11) is 0. The van der Waals surface area contributed by atoms with Gasteiger partial charge in [-0.05, 0) is 103 Å². The summed E-state index contributed by atoms with van der Waals surface area (Å²) in [5.74, 6) is 1.17. The Hall–Kier alpha value is -7.44. The van der Waals surface area contributed by atoms with Gasteiger partial charge in [0.05, 0.1) is 32.1 Å². The number of benzene rings is 4. The topological polar surface area (TPSA) is 198 Å². The predicted molar refractivity (Wildman–Crippen MR) is 307 cm³/mol. The number of aliphatic hydroxyl groups is 1. The number of nitrogens with zero attached hydrogens (tertiary/aromatic N) is 8. The number of pyridine rings is 1. The van der Waals surface area contributed by atoms with Gasteiger partial charge in [0.1, 0.15) is 41.8 Å². The summed E-state index contributed by atoms with van der Waals surface area (Å²) < 4.78 is 21.2. The first-order chi connectivity index (χ1) is 39.1. The van der Waals surface area contributed by atoms with Gasteiger partial charge < -0.3 is 44.7 Å². The number of ether oxygens (including phenoxy) is 3. The Morgan fingerprint density at radius 1 is 0.938 bits per heavy atom. The van der Waals surface area contributed by atoms with E-state index in [9.17, 15) is 14.7 Å². The van der Waals surface area contributed by atoms with Crippen molar-refractivity contribution >= 4 is 51.0 Å². The van der Waals surface area contributed by atoms with E-state index in [1.807, 2.05) is 106 Å². The largest absolute Gasteiger partial charge is 0.486 e. The molecule has 412 valence electrons. The minimum absolute atomic E-state index is 0.0680. The van der Waals surface area contributed by atoms with E-state index in [1.54, 1.807) is 15.8 Å². The molecule has 5 fully saturated rings. The molecule has 4 saturated heterocycles. The van der Waals surface area contributed by atoms with Crippen LogP contribution < -0.4 is 25.0 Å². The van der Waals surface area contributed by atoms with Crippen molar-refractivity contribution < 1.29 is 28.9 Å². The maximum absolute atomic E-state index is 14.6. The van der Waals surface area contributed by atoms with Crippen LogP contribution in [0.4, 0.5) is 5.82 Å². The number of hydrogen-bond donors (Lipinski definition) is 4. The van der Waals surface area contributed by atoms with E-state index in [4.69, 9.17) is 35.8 Å². The van der Waals surface area contributed by atoms with Crippen molar-refractivity contribution in [1.82, 2.24) is 50.5 Å². The van der Waals surface area contributed by atoms with E-state index in [1.165, 1.54) is 5.56 Å². The van der Waals surface area contributed by atoms with E-state index in [-0.39, 0.29) is 37.0 Å². The van der Waals surface area contributed by atoms with Gasteiger partial charge in [-0.3, -0.25) is 14.6 Å². The second kappa shape index (κ2) is 21.9. The van der Waals surface area contributed by atoms with Crippen LogP contribution >= 0.6 is 11.6 Å². The summed E-state index contributed by atoms with van der Waals surface area (Å²) in [5.41, 5.74) is 10.7. The van der Waals surface area contributed by atoms with Gasteiger partial charge in [0.15, 0.2) is 5.75 Å². The van der Waals surface area contributed by atoms with E-state index in [0.717, 1.165) is 112 Å². The molecule has 2 amide bonds. The smallest absolute Gasteiger partial charge is 0.319 e. The molecule has 5 atom stereocenters. The van der Waals surface area contributed by atoms with Gasteiger partial charge in [-0.2, -0.15) is 9.97 Å². The monoisotopic (exact) mass is 1100 g/mol. The van der Waals surface area contributed by atoms with Gasteiger partial charge in [0.25, 0.3) is 0 Å². The molecule has 0 spiro atoms. The molecule has 5 aliphatic rings. The number of carbonyl (C=O) groups is 2. The number of aromatic nitrogens is 7. The maximum atomic E-state index is 14.6. The Morgan fingerprint density at radius 2 is 1.75 bits per heavy atom. The van der Waals surface area contributed by atoms with Crippen LogP contribution in [-0.2, 0) is 20.9 Å². The lowest BCUT2D eigenvalue weighted by atomic mass is 9.91. The van der Waals surface area contributed by atoms with Crippen LogP contribution in [0.3, 0.4) is 0 Å². The number of aromatic amines is 1. The third-order valence-corrected chi connectivity index (χ3v) is 17.3. The summed E-state index contributed by atoms with van der Waals surface area (Å²) in [4.78, 5) is 51.1. The second-order valence-corrected chi connectivity index (χ2v) is 23.0. The molecule has 2 bridgehead atoms. The summed E-state index contributed by atoms with van der Waals surface area (Å²) in [6.07, 6.45) is 11.3. The summed E-state index contributed by atoms with van der Waals surface area (Å²) in [6, 6.07) is 27.1. The molecule has 4 aliphatic heterocycles. The number of halogens is 1. The van der Waals surface area contributed by atoms with Crippen LogP contribution in [0.2, 0.25) is 5.02 Å². The lowest BCUT2D eigenvalue weighted by Crippen LogP contribution is -2.50. The van der Waals surface area contributed by atoms with Crippen molar-refractivity contribution in [3.63, 3.8) is 0 Å². The summed E-state index contributed by atoms with van der Waals surface area (Å²) >= 11 is 7.30. The molecule has 0 radical (unpaired) electrons. The highest BCUT2D eigenvalue weighted by Gasteiger charge is 2.42. The third-order valence-electron chi connectivity index (χ3n) is 16.9. The molecular formula is C62H66ClN11O6. The molecule has 80 heavy (non-hydrogen) atoms. The number of nitrogens with one attached hydrogen (secondary N) is 3. The first-order valence-corrected chi connectivity index (χ1v) is 28.7. The zero-order valence-electron chi connectivity index (χ0n) is 45.3. The van der Waals surface area contributed by atoms with Gasteiger partial charge in [0, 0.05) is 106 Å². The Balaban J connectivity index is 0.770. The lowest BCUT2D eigenvalue weighted by molar-refractivity contribution is -0.142. The second-order valence-electron chi connectivity index (χ2n) is 22.6. The number of likely N-dealkylation sites (tertiary alicyclic amines) is 1. The quantitative estimate of drug-likeness (QED) is 0.0673. The van der Waals surface area contributed by atoms with Gasteiger partial charge in [-0.1, -0.05) is 85.3 Å². The minimum Gasteiger partial charge on any atom is -0.486 e. The van der Waals surface area contributed by atoms with Crippen LogP contribution in [0.5, 0.6) is 11.8 Å². The number of carbonyl (C=O) groups excluding carboxylic acids is 2. The normalized spacial score (nSPS) is 20.1. The standard InChI is InChI=1S/C62H66ClN11O6/c1-35(2)57(61(77)72-25-5-7-53(72)60(76)67-52(33-75)41-16-14-38(15-17-41)45-6-4-23-64-36(45)3)74-32-51(70-71-74)40-10-8-37(9-11-40)34-79-58-55(54-46-20-24-65-50(46)19-18-49(54)63)47(39-12-13-39)29-48-56(58)68-62(80-44-21-26-78-27-22-44)69-59(48)73-31-42-28-43(73)30-66-42/h4,6,8-11,14-20,23-24,29,32,35,39,42-44,52-53,57,65-66,75H,5,7,12-13,21-22,25-28,30-31,33-34H2,1-3H3,(H,67,76)/t42-,43-,52-,53-,57-/m0/s1. The molecular weight excluding hydrogens is 1030 g/mol. The number of aliphatic hydroxyl groups excluding tert-OH is 1. The zero-order valence-corrected chi connectivity index (χ0v) is 46.0. The Kier molecular flexibility index (Phi) is 14.2. The highest BCUT2D eigenvalue weighted by molar-refractivity contribution is 6.35.